The van der Waals surface area contributed by atoms with Gasteiger partial charge in [0.25, 0.3) is 0 Å². The molecule has 0 aromatic heterocycles. The Bertz CT molecular complexity index is 411. The van der Waals surface area contributed by atoms with Crippen molar-refractivity contribution < 1.29 is 4.39 Å². The van der Waals surface area contributed by atoms with Crippen molar-refractivity contribution >= 4 is 17.7 Å². The van der Waals surface area contributed by atoms with E-state index in [1.54, 1.807) is 18.2 Å². The van der Waals surface area contributed by atoms with Crippen LogP contribution in [0.3, 0.4) is 0 Å². The summed E-state index contributed by atoms with van der Waals surface area (Å²) in [5, 5.41) is 3.48. The number of benzene rings is 1. The Labute approximate surface area is 91.8 Å². The molecule has 0 fully saturated rings. The standard InChI is InChI=1S/C10H9ClFN3/c11-9-7-8(4-5-10(9)12)3-1-2-6-14-15-13/h1,3-5,7H,2,6H2. The van der Waals surface area contributed by atoms with Crippen LogP contribution in [0, 0.1) is 5.82 Å². The number of halogens is 2. The van der Waals surface area contributed by atoms with Crippen LogP contribution >= 0.6 is 11.6 Å². The molecule has 15 heavy (non-hydrogen) atoms. The van der Waals surface area contributed by atoms with E-state index in [2.05, 4.69) is 10.0 Å². The number of azide groups is 1. The maximum atomic E-state index is 12.8. The average Bonchev–Trinajstić information content (AvgIpc) is 2.23. The maximum absolute atomic E-state index is 12.8. The second-order valence-electron chi connectivity index (χ2n) is 2.82. The highest BCUT2D eigenvalue weighted by molar-refractivity contribution is 6.30. The Morgan fingerprint density at radius 2 is 2.33 bits per heavy atom. The maximum Gasteiger partial charge on any atom is 0.141 e. The topological polar surface area (TPSA) is 48.8 Å². The van der Waals surface area contributed by atoms with Crippen molar-refractivity contribution in [1.82, 2.24) is 0 Å². The fourth-order valence-corrected chi connectivity index (χ4v) is 1.20. The normalized spacial score (nSPS) is 10.3. The third-order valence-corrected chi connectivity index (χ3v) is 2.00. The highest BCUT2D eigenvalue weighted by Crippen LogP contribution is 2.16. The summed E-state index contributed by atoms with van der Waals surface area (Å²) in [7, 11) is 0. The summed E-state index contributed by atoms with van der Waals surface area (Å²) < 4.78 is 12.8. The third-order valence-electron chi connectivity index (χ3n) is 1.71. The van der Waals surface area contributed by atoms with E-state index < -0.39 is 5.82 Å². The van der Waals surface area contributed by atoms with E-state index in [1.807, 2.05) is 6.08 Å². The molecule has 0 unspecified atom stereocenters. The van der Waals surface area contributed by atoms with Crippen LogP contribution in [0.2, 0.25) is 5.02 Å². The Balaban J connectivity index is 2.56. The zero-order valence-corrected chi connectivity index (χ0v) is 8.65. The SMILES string of the molecule is [N-]=[N+]=NCCC=Cc1ccc(F)c(Cl)c1. The van der Waals surface area contributed by atoms with Gasteiger partial charge >= 0.3 is 0 Å². The molecule has 0 amide bonds. The zero-order chi connectivity index (χ0) is 11.1. The van der Waals surface area contributed by atoms with E-state index in [0.29, 0.717) is 13.0 Å². The highest BCUT2D eigenvalue weighted by atomic mass is 35.5. The van der Waals surface area contributed by atoms with Crippen molar-refractivity contribution in [3.63, 3.8) is 0 Å². The molecule has 0 aliphatic rings. The highest BCUT2D eigenvalue weighted by Gasteiger charge is 1.97. The molecule has 0 heterocycles. The molecule has 0 spiro atoms. The molecule has 5 heteroatoms. The summed E-state index contributed by atoms with van der Waals surface area (Å²) >= 11 is 5.60. The van der Waals surface area contributed by atoms with Gasteiger partial charge in [-0.2, -0.15) is 0 Å². The van der Waals surface area contributed by atoms with Crippen LogP contribution in [0.5, 0.6) is 0 Å². The van der Waals surface area contributed by atoms with Crippen LogP contribution in [-0.4, -0.2) is 6.54 Å². The predicted octanol–water partition coefficient (Wildman–Crippen LogP) is 4.19. The molecule has 0 aliphatic heterocycles. The Kier molecular flexibility index (Phi) is 4.68. The lowest BCUT2D eigenvalue weighted by Crippen LogP contribution is -1.78. The lowest BCUT2D eigenvalue weighted by molar-refractivity contribution is 0.628. The smallest absolute Gasteiger partial charge is 0.141 e. The number of rotatable bonds is 4. The van der Waals surface area contributed by atoms with Crippen molar-refractivity contribution in [2.45, 2.75) is 6.42 Å². The molecule has 0 saturated heterocycles. The minimum absolute atomic E-state index is 0.104. The van der Waals surface area contributed by atoms with Gasteiger partial charge in [-0.05, 0) is 29.6 Å². The van der Waals surface area contributed by atoms with Gasteiger partial charge < -0.3 is 0 Å². The molecule has 1 aromatic carbocycles. The van der Waals surface area contributed by atoms with Crippen LogP contribution in [0.4, 0.5) is 4.39 Å². The summed E-state index contributed by atoms with van der Waals surface area (Å²) in [4.78, 5) is 2.63. The Morgan fingerprint density at radius 1 is 1.53 bits per heavy atom. The van der Waals surface area contributed by atoms with Gasteiger partial charge in [-0.15, -0.1) is 0 Å². The van der Waals surface area contributed by atoms with Crippen LogP contribution in [0.15, 0.2) is 29.4 Å². The lowest BCUT2D eigenvalue weighted by atomic mass is 10.2. The zero-order valence-electron chi connectivity index (χ0n) is 7.90. The molecule has 1 aromatic rings. The van der Waals surface area contributed by atoms with E-state index in [1.165, 1.54) is 6.07 Å². The first-order valence-corrected chi connectivity index (χ1v) is 4.74. The molecule has 78 valence electrons. The van der Waals surface area contributed by atoms with Gasteiger partial charge in [0.05, 0.1) is 5.02 Å². The van der Waals surface area contributed by atoms with Crippen molar-refractivity contribution in [3.05, 3.63) is 51.1 Å². The fraction of sp³-hybridized carbons (Fsp3) is 0.200. The second kappa shape index (κ2) is 6.06. The van der Waals surface area contributed by atoms with Crippen LogP contribution in [0.25, 0.3) is 16.5 Å². The molecular weight excluding hydrogens is 217 g/mol. The average molecular weight is 226 g/mol. The number of hydrogen-bond donors (Lipinski definition) is 0. The summed E-state index contributed by atoms with van der Waals surface area (Å²) in [6, 6.07) is 4.49. The summed E-state index contributed by atoms with van der Waals surface area (Å²) in [6.45, 7) is 0.419. The first-order chi connectivity index (χ1) is 7.24. The Hall–Kier alpha value is -1.51. The van der Waals surface area contributed by atoms with E-state index in [0.717, 1.165) is 5.56 Å². The van der Waals surface area contributed by atoms with E-state index in [9.17, 15) is 4.39 Å². The summed E-state index contributed by atoms with van der Waals surface area (Å²) in [6.07, 6.45) is 4.30. The second-order valence-corrected chi connectivity index (χ2v) is 3.23. The van der Waals surface area contributed by atoms with Crippen molar-refractivity contribution in [3.8, 4) is 0 Å². The molecule has 0 saturated carbocycles. The van der Waals surface area contributed by atoms with Gasteiger partial charge in [0.2, 0.25) is 0 Å². The number of hydrogen-bond acceptors (Lipinski definition) is 1. The Morgan fingerprint density at radius 3 is 3.00 bits per heavy atom. The van der Waals surface area contributed by atoms with Crippen molar-refractivity contribution in [1.29, 1.82) is 0 Å². The summed E-state index contributed by atoms with van der Waals surface area (Å²) in [5.74, 6) is -0.428. The first kappa shape index (κ1) is 11.6. The lowest BCUT2D eigenvalue weighted by Gasteiger charge is -1.95. The molecule has 0 aliphatic carbocycles. The van der Waals surface area contributed by atoms with Gasteiger partial charge in [0.1, 0.15) is 5.82 Å². The van der Waals surface area contributed by atoms with E-state index in [4.69, 9.17) is 17.1 Å². The van der Waals surface area contributed by atoms with Gasteiger partial charge in [-0.1, -0.05) is 34.9 Å². The fourth-order valence-electron chi connectivity index (χ4n) is 1.01. The molecule has 0 N–H and O–H groups in total. The molecule has 3 nitrogen and oxygen atoms in total. The van der Waals surface area contributed by atoms with E-state index in [-0.39, 0.29) is 5.02 Å². The van der Waals surface area contributed by atoms with Crippen LogP contribution in [0.1, 0.15) is 12.0 Å². The minimum Gasteiger partial charge on any atom is -0.205 e. The third kappa shape index (κ3) is 4.02. The molecule has 0 atom stereocenters. The van der Waals surface area contributed by atoms with Gasteiger partial charge in [0.15, 0.2) is 0 Å². The van der Waals surface area contributed by atoms with Crippen molar-refractivity contribution in [2.24, 2.45) is 5.11 Å². The van der Waals surface area contributed by atoms with Crippen molar-refractivity contribution in [2.75, 3.05) is 6.54 Å². The van der Waals surface area contributed by atoms with Gasteiger partial charge in [-0.3, -0.25) is 0 Å². The predicted molar refractivity (Wildman–Crippen MR) is 59.1 cm³/mol. The summed E-state index contributed by atoms with van der Waals surface area (Å²) in [5.41, 5.74) is 8.85. The molecule has 0 radical (unpaired) electrons. The quantitative estimate of drug-likeness (QED) is 0.319. The number of nitrogens with zero attached hydrogens (tertiary/aromatic N) is 3. The molecule has 0 bridgehead atoms. The molecule has 1 rings (SSSR count). The first-order valence-electron chi connectivity index (χ1n) is 4.36. The monoisotopic (exact) mass is 225 g/mol. The van der Waals surface area contributed by atoms with Crippen LogP contribution < -0.4 is 0 Å². The van der Waals surface area contributed by atoms with Gasteiger partial charge in [0, 0.05) is 11.5 Å². The van der Waals surface area contributed by atoms with E-state index >= 15 is 0 Å². The molecular formula is C10H9ClFN3. The van der Waals surface area contributed by atoms with Crippen LogP contribution in [-0.2, 0) is 0 Å². The largest absolute Gasteiger partial charge is 0.205 e. The van der Waals surface area contributed by atoms with Gasteiger partial charge in [-0.25, -0.2) is 4.39 Å². The minimum atomic E-state index is -0.428.